The number of aryl methyl sites for hydroxylation is 1. The summed E-state index contributed by atoms with van der Waals surface area (Å²) in [5.74, 6) is 12.3. The van der Waals surface area contributed by atoms with E-state index in [-0.39, 0.29) is 12.8 Å². The van der Waals surface area contributed by atoms with E-state index < -0.39 is 20.5 Å². The van der Waals surface area contributed by atoms with Gasteiger partial charge in [-0.3, -0.25) is 10.0 Å². The number of likely N-dealkylation sites (tertiary alicyclic amines) is 1. The Morgan fingerprint density at radius 1 is 1.35 bits per heavy atom. The van der Waals surface area contributed by atoms with E-state index in [1.54, 1.807) is 0 Å². The topological polar surface area (TPSA) is 109 Å². The van der Waals surface area contributed by atoms with Gasteiger partial charge >= 0.3 is 0 Å². The van der Waals surface area contributed by atoms with Crippen molar-refractivity contribution in [2.75, 3.05) is 39.1 Å². The number of benzene rings is 1. The molecule has 0 radical (unpaired) electrons. The number of nitrogens with one attached hydrogen (secondary N) is 1. The van der Waals surface area contributed by atoms with Gasteiger partial charge in [0.1, 0.15) is 4.75 Å². The molecule has 2 aliphatic rings. The molecule has 2 saturated heterocycles. The van der Waals surface area contributed by atoms with Gasteiger partial charge in [0, 0.05) is 49.7 Å². The molecule has 0 bridgehead atoms. The van der Waals surface area contributed by atoms with Crippen LogP contribution >= 0.6 is 11.3 Å². The van der Waals surface area contributed by atoms with Gasteiger partial charge in [-0.1, -0.05) is 11.8 Å². The van der Waals surface area contributed by atoms with Crippen molar-refractivity contribution < 1.29 is 23.2 Å². The Hall–Kier alpha value is -2.47. The van der Waals surface area contributed by atoms with Gasteiger partial charge in [-0.25, -0.2) is 18.9 Å². The van der Waals surface area contributed by atoms with Crippen molar-refractivity contribution >= 4 is 37.3 Å². The molecule has 180 valence electrons. The summed E-state index contributed by atoms with van der Waals surface area (Å²) < 4.78 is 28.7. The number of aromatic nitrogens is 1. The standard InChI is InChI=1S/C24H27N3O5S2/c1-24(23(28)26-29,34(2,30)31)10-9-22-25-20-8-7-17(11-21(20)33-22)5-3-4-6-18-12-27(13-18)14-19-15-32-16-19/h7-8,11,18-19,29H,9-10,12-16H2,1-2H3,(H,26,28). The van der Waals surface area contributed by atoms with Gasteiger partial charge in [-0.05, 0) is 43.4 Å². The number of hydrogen-bond acceptors (Lipinski definition) is 8. The van der Waals surface area contributed by atoms with E-state index in [1.165, 1.54) is 23.7 Å². The fraction of sp³-hybridized carbons (Fsp3) is 0.500. The molecule has 0 spiro atoms. The van der Waals surface area contributed by atoms with E-state index in [0.717, 1.165) is 54.9 Å². The molecule has 1 aromatic heterocycles. The van der Waals surface area contributed by atoms with Gasteiger partial charge in [0.2, 0.25) is 0 Å². The molecular formula is C24H27N3O5S2. The summed E-state index contributed by atoms with van der Waals surface area (Å²) in [6.07, 6.45) is 1.28. The van der Waals surface area contributed by atoms with E-state index in [0.29, 0.717) is 16.8 Å². The third-order valence-corrected chi connectivity index (χ3v) is 9.48. The molecule has 1 aromatic carbocycles. The number of hydrogen-bond donors (Lipinski definition) is 2. The summed E-state index contributed by atoms with van der Waals surface area (Å²) in [6.45, 7) is 6.16. The van der Waals surface area contributed by atoms with Gasteiger partial charge in [0.25, 0.3) is 5.91 Å². The van der Waals surface area contributed by atoms with Crippen LogP contribution in [-0.4, -0.2) is 73.3 Å². The lowest BCUT2D eigenvalue weighted by Gasteiger charge is -2.40. The fourth-order valence-electron chi connectivity index (χ4n) is 3.89. The number of nitrogens with zero attached hydrogens (tertiary/aromatic N) is 2. The van der Waals surface area contributed by atoms with Gasteiger partial charge in [0.15, 0.2) is 9.84 Å². The first-order chi connectivity index (χ1) is 16.2. The highest BCUT2D eigenvalue weighted by Crippen LogP contribution is 2.28. The van der Waals surface area contributed by atoms with Gasteiger partial charge < -0.3 is 9.64 Å². The largest absolute Gasteiger partial charge is 0.381 e. The van der Waals surface area contributed by atoms with E-state index in [2.05, 4.69) is 33.6 Å². The Bertz CT molecular complexity index is 1300. The number of ether oxygens (including phenoxy) is 1. The monoisotopic (exact) mass is 501 g/mol. The summed E-state index contributed by atoms with van der Waals surface area (Å²) in [7, 11) is -3.74. The molecular weight excluding hydrogens is 474 g/mol. The lowest BCUT2D eigenvalue weighted by atomic mass is 9.98. The van der Waals surface area contributed by atoms with Crippen molar-refractivity contribution in [3.05, 3.63) is 28.8 Å². The van der Waals surface area contributed by atoms with Crippen LogP contribution in [0, 0.1) is 35.5 Å². The first kappa shape index (κ1) is 24.6. The zero-order valence-electron chi connectivity index (χ0n) is 19.1. The molecule has 0 aliphatic carbocycles. The maximum absolute atomic E-state index is 12.1. The molecule has 3 heterocycles. The second-order valence-corrected chi connectivity index (χ2v) is 12.6. The number of carbonyl (C=O) groups excluding carboxylic acids is 1. The minimum absolute atomic E-state index is 0.00727. The number of thiazole rings is 1. The Morgan fingerprint density at radius 2 is 2.12 bits per heavy atom. The molecule has 1 atom stereocenters. The third kappa shape index (κ3) is 5.43. The first-order valence-corrected chi connectivity index (χ1v) is 13.7. The Kier molecular flexibility index (Phi) is 7.27. The second-order valence-electron chi connectivity index (χ2n) is 9.07. The van der Waals surface area contributed by atoms with Crippen LogP contribution < -0.4 is 5.48 Å². The number of sulfone groups is 1. The van der Waals surface area contributed by atoms with Crippen LogP contribution in [0.2, 0.25) is 0 Å². The summed E-state index contributed by atoms with van der Waals surface area (Å²) in [4.78, 5) is 18.9. The number of fused-ring (bicyclic) bond motifs is 1. The smallest absolute Gasteiger partial charge is 0.264 e. The molecule has 2 N–H and O–H groups in total. The lowest BCUT2D eigenvalue weighted by Crippen LogP contribution is -2.50. The maximum atomic E-state index is 12.1. The zero-order chi connectivity index (χ0) is 24.3. The fourth-order valence-corrected chi connectivity index (χ4v) is 5.76. The predicted molar refractivity (Wildman–Crippen MR) is 130 cm³/mol. The average Bonchev–Trinajstić information content (AvgIpc) is 3.15. The molecule has 2 aliphatic heterocycles. The normalized spacial score (nSPS) is 18.6. The minimum atomic E-state index is -3.74. The Morgan fingerprint density at radius 3 is 2.76 bits per heavy atom. The Labute approximate surface area is 203 Å². The molecule has 2 aromatic rings. The molecule has 34 heavy (non-hydrogen) atoms. The molecule has 2 fully saturated rings. The molecule has 1 amide bonds. The van der Waals surface area contributed by atoms with E-state index in [1.807, 2.05) is 18.2 Å². The van der Waals surface area contributed by atoms with E-state index in [4.69, 9.17) is 9.94 Å². The van der Waals surface area contributed by atoms with Crippen molar-refractivity contribution in [3.8, 4) is 23.7 Å². The number of rotatable bonds is 7. The van der Waals surface area contributed by atoms with Crippen molar-refractivity contribution in [2.24, 2.45) is 11.8 Å². The van der Waals surface area contributed by atoms with Crippen molar-refractivity contribution in [1.29, 1.82) is 0 Å². The molecule has 10 heteroatoms. The van der Waals surface area contributed by atoms with Crippen molar-refractivity contribution in [1.82, 2.24) is 15.4 Å². The SMILES string of the molecule is CC(CCc1nc2ccc(C#CC#CC3CN(CC4COC4)C3)cc2s1)(C(=O)NO)S(C)(=O)=O. The van der Waals surface area contributed by atoms with E-state index >= 15 is 0 Å². The van der Waals surface area contributed by atoms with Crippen LogP contribution in [0.5, 0.6) is 0 Å². The van der Waals surface area contributed by atoms with Gasteiger partial charge in [-0.2, -0.15) is 0 Å². The molecule has 1 unspecified atom stereocenters. The van der Waals surface area contributed by atoms with Gasteiger partial charge in [0.05, 0.1) is 28.4 Å². The molecule has 4 rings (SSSR count). The molecule has 0 saturated carbocycles. The van der Waals surface area contributed by atoms with Crippen LogP contribution in [-0.2, 0) is 25.8 Å². The average molecular weight is 502 g/mol. The number of carbonyl (C=O) groups is 1. The highest BCUT2D eigenvalue weighted by molar-refractivity contribution is 7.92. The van der Waals surface area contributed by atoms with Crippen LogP contribution in [0.1, 0.15) is 23.9 Å². The number of hydroxylamine groups is 1. The van der Waals surface area contributed by atoms with Crippen LogP contribution in [0.25, 0.3) is 10.2 Å². The minimum Gasteiger partial charge on any atom is -0.381 e. The highest BCUT2D eigenvalue weighted by atomic mass is 32.2. The maximum Gasteiger partial charge on any atom is 0.264 e. The zero-order valence-corrected chi connectivity index (χ0v) is 20.8. The quantitative estimate of drug-likeness (QED) is 0.336. The van der Waals surface area contributed by atoms with E-state index in [9.17, 15) is 13.2 Å². The highest BCUT2D eigenvalue weighted by Gasteiger charge is 2.43. The second kappa shape index (κ2) is 10.0. The van der Waals surface area contributed by atoms with Gasteiger partial charge in [-0.15, -0.1) is 11.3 Å². The predicted octanol–water partition coefficient (Wildman–Crippen LogP) is 1.47. The van der Waals surface area contributed by atoms with Crippen LogP contribution in [0.4, 0.5) is 0 Å². The summed E-state index contributed by atoms with van der Waals surface area (Å²) in [5.41, 5.74) is 3.09. The Balaban J connectivity index is 1.35. The van der Waals surface area contributed by atoms with Crippen LogP contribution in [0.3, 0.4) is 0 Å². The molecule has 8 nitrogen and oxygen atoms in total. The summed E-state index contributed by atoms with van der Waals surface area (Å²) in [6, 6.07) is 5.69. The third-order valence-electron chi connectivity index (χ3n) is 6.38. The summed E-state index contributed by atoms with van der Waals surface area (Å²) in [5, 5.41) is 9.67. The van der Waals surface area contributed by atoms with Crippen molar-refractivity contribution in [2.45, 2.75) is 24.5 Å². The summed E-state index contributed by atoms with van der Waals surface area (Å²) >= 11 is 1.43. The first-order valence-electron chi connectivity index (χ1n) is 11.0. The number of amides is 1. The van der Waals surface area contributed by atoms with Crippen LogP contribution in [0.15, 0.2) is 18.2 Å². The van der Waals surface area contributed by atoms with Crippen molar-refractivity contribution in [3.63, 3.8) is 0 Å². The lowest BCUT2D eigenvalue weighted by molar-refractivity contribution is -0.131.